The Morgan fingerprint density at radius 2 is 2.08 bits per heavy atom. The highest BCUT2D eigenvalue weighted by Gasteiger charge is 1.96. The molecule has 0 bridgehead atoms. The summed E-state index contributed by atoms with van der Waals surface area (Å²) >= 11 is 0. The molecule has 2 aromatic rings. The van der Waals surface area contributed by atoms with Crippen molar-refractivity contribution >= 4 is 16.6 Å². The molecule has 0 saturated heterocycles. The van der Waals surface area contributed by atoms with Crippen molar-refractivity contribution in [3.05, 3.63) is 42.9 Å². The summed E-state index contributed by atoms with van der Waals surface area (Å²) in [5.74, 6) is 0.576. The van der Waals surface area contributed by atoms with Crippen molar-refractivity contribution in [3.63, 3.8) is 0 Å². The highest BCUT2D eigenvalue weighted by molar-refractivity contribution is 5.91. The van der Waals surface area contributed by atoms with Gasteiger partial charge in [-0.05, 0) is 23.9 Å². The van der Waals surface area contributed by atoms with Crippen LogP contribution in [0.2, 0.25) is 0 Å². The summed E-state index contributed by atoms with van der Waals surface area (Å²) < 4.78 is 0. The molecule has 2 heteroatoms. The van der Waals surface area contributed by atoms with Gasteiger partial charge in [-0.15, -0.1) is 0 Å². The molecule has 1 aromatic heterocycles. The second-order valence-corrected chi connectivity index (χ2v) is 2.75. The summed E-state index contributed by atoms with van der Waals surface area (Å²) in [6, 6.07) is 7.80. The van der Waals surface area contributed by atoms with Crippen LogP contribution in [0.1, 0.15) is 5.56 Å². The third-order valence-electron chi connectivity index (χ3n) is 1.86. The molecule has 0 spiro atoms. The van der Waals surface area contributed by atoms with E-state index >= 15 is 0 Å². The molecule has 1 radical (unpaired) electrons. The number of hydrogen-bond donors (Lipinski definition) is 1. The van der Waals surface area contributed by atoms with Gasteiger partial charge in [0.1, 0.15) is 5.82 Å². The van der Waals surface area contributed by atoms with Crippen LogP contribution in [-0.4, -0.2) is 4.98 Å². The zero-order valence-corrected chi connectivity index (χ0v) is 6.62. The quantitative estimate of drug-likeness (QED) is 0.635. The molecule has 2 rings (SSSR count). The summed E-state index contributed by atoms with van der Waals surface area (Å²) in [6.07, 6.45) is 1.71. The van der Waals surface area contributed by atoms with Crippen LogP contribution in [0.5, 0.6) is 0 Å². The first kappa shape index (κ1) is 7.10. The van der Waals surface area contributed by atoms with Crippen LogP contribution in [0.25, 0.3) is 10.8 Å². The molecule has 12 heavy (non-hydrogen) atoms. The van der Waals surface area contributed by atoms with E-state index in [1.54, 1.807) is 6.20 Å². The van der Waals surface area contributed by atoms with Gasteiger partial charge in [-0.2, -0.15) is 0 Å². The van der Waals surface area contributed by atoms with Crippen molar-refractivity contribution in [2.24, 2.45) is 0 Å². The zero-order chi connectivity index (χ0) is 8.55. The molecule has 0 aliphatic carbocycles. The number of fused-ring (bicyclic) bond motifs is 1. The van der Waals surface area contributed by atoms with Gasteiger partial charge >= 0.3 is 0 Å². The Labute approximate surface area is 71.0 Å². The number of benzene rings is 1. The maximum Gasteiger partial charge on any atom is 0.131 e. The second-order valence-electron chi connectivity index (χ2n) is 2.75. The van der Waals surface area contributed by atoms with Crippen molar-refractivity contribution in [1.82, 2.24) is 4.98 Å². The van der Waals surface area contributed by atoms with Crippen LogP contribution >= 0.6 is 0 Å². The molecule has 1 aromatic carbocycles. The summed E-state index contributed by atoms with van der Waals surface area (Å²) in [6.45, 7) is 3.84. The SMILES string of the molecule is [CH2]c1ccc2c(N)nccc2c1. The first-order chi connectivity index (χ1) is 5.77. The molecule has 59 valence electrons. The monoisotopic (exact) mass is 157 g/mol. The molecular formula is C10H9N2. The lowest BCUT2D eigenvalue weighted by Gasteiger charge is -2.00. The van der Waals surface area contributed by atoms with Crippen LogP contribution in [0.4, 0.5) is 5.82 Å². The van der Waals surface area contributed by atoms with Gasteiger partial charge in [0.05, 0.1) is 0 Å². The lowest BCUT2D eigenvalue weighted by atomic mass is 10.1. The van der Waals surface area contributed by atoms with Crippen LogP contribution < -0.4 is 5.73 Å². The first-order valence-electron chi connectivity index (χ1n) is 3.73. The van der Waals surface area contributed by atoms with Gasteiger partial charge in [-0.25, -0.2) is 4.98 Å². The van der Waals surface area contributed by atoms with E-state index < -0.39 is 0 Å². The van der Waals surface area contributed by atoms with E-state index in [4.69, 9.17) is 5.73 Å². The Morgan fingerprint density at radius 1 is 1.25 bits per heavy atom. The van der Waals surface area contributed by atoms with Crippen molar-refractivity contribution in [2.75, 3.05) is 5.73 Å². The average molecular weight is 157 g/mol. The van der Waals surface area contributed by atoms with Gasteiger partial charge < -0.3 is 5.73 Å². The normalized spacial score (nSPS) is 10.4. The molecule has 0 saturated carbocycles. The third-order valence-corrected chi connectivity index (χ3v) is 1.86. The number of nitrogens with zero attached hydrogens (tertiary/aromatic N) is 1. The maximum atomic E-state index is 5.67. The van der Waals surface area contributed by atoms with Crippen molar-refractivity contribution in [1.29, 1.82) is 0 Å². The Hall–Kier alpha value is -1.57. The van der Waals surface area contributed by atoms with Gasteiger partial charge in [0.2, 0.25) is 0 Å². The molecule has 0 aliphatic rings. The fraction of sp³-hybridized carbons (Fsp3) is 0. The van der Waals surface area contributed by atoms with E-state index in [0.29, 0.717) is 5.82 Å². The Kier molecular flexibility index (Phi) is 1.47. The molecule has 0 unspecified atom stereocenters. The Morgan fingerprint density at radius 3 is 2.92 bits per heavy atom. The molecule has 0 fully saturated rings. The number of nitrogens with two attached hydrogens (primary N) is 1. The standard InChI is InChI=1S/C10H9N2/c1-7-2-3-9-8(6-7)4-5-12-10(9)11/h2-6H,1H2,(H2,11,12). The van der Waals surface area contributed by atoms with Gasteiger partial charge in [-0.1, -0.05) is 18.2 Å². The minimum Gasteiger partial charge on any atom is -0.383 e. The summed E-state index contributed by atoms with van der Waals surface area (Å²) in [4.78, 5) is 3.99. The highest BCUT2D eigenvalue weighted by Crippen LogP contribution is 2.19. The lowest BCUT2D eigenvalue weighted by Crippen LogP contribution is -1.90. The first-order valence-corrected chi connectivity index (χ1v) is 3.73. The van der Waals surface area contributed by atoms with Gasteiger partial charge in [0.15, 0.2) is 0 Å². The fourth-order valence-corrected chi connectivity index (χ4v) is 1.25. The van der Waals surface area contributed by atoms with Crippen LogP contribution in [0, 0.1) is 6.92 Å². The maximum absolute atomic E-state index is 5.67. The smallest absolute Gasteiger partial charge is 0.131 e. The van der Waals surface area contributed by atoms with Crippen LogP contribution in [0.3, 0.4) is 0 Å². The van der Waals surface area contributed by atoms with E-state index in [9.17, 15) is 0 Å². The number of aromatic nitrogens is 1. The number of pyridine rings is 1. The van der Waals surface area contributed by atoms with Gasteiger partial charge in [0, 0.05) is 11.6 Å². The third kappa shape index (κ3) is 1.01. The second kappa shape index (κ2) is 2.48. The minimum absolute atomic E-state index is 0.576. The Balaban J connectivity index is 2.86. The summed E-state index contributed by atoms with van der Waals surface area (Å²) in [7, 11) is 0. The summed E-state index contributed by atoms with van der Waals surface area (Å²) in [5.41, 5.74) is 6.67. The van der Waals surface area contributed by atoms with E-state index in [2.05, 4.69) is 11.9 Å². The predicted octanol–water partition coefficient (Wildman–Crippen LogP) is 2.00. The molecule has 1 heterocycles. The summed E-state index contributed by atoms with van der Waals surface area (Å²) in [5, 5.41) is 2.08. The molecule has 0 aliphatic heterocycles. The molecular weight excluding hydrogens is 148 g/mol. The molecule has 0 atom stereocenters. The van der Waals surface area contributed by atoms with Crippen LogP contribution in [0.15, 0.2) is 30.5 Å². The fourth-order valence-electron chi connectivity index (χ4n) is 1.25. The number of nitrogen functional groups attached to an aromatic ring is 1. The zero-order valence-electron chi connectivity index (χ0n) is 6.62. The van der Waals surface area contributed by atoms with E-state index in [1.807, 2.05) is 24.3 Å². The topological polar surface area (TPSA) is 38.9 Å². The van der Waals surface area contributed by atoms with E-state index in [0.717, 1.165) is 16.3 Å². The van der Waals surface area contributed by atoms with Crippen molar-refractivity contribution < 1.29 is 0 Å². The van der Waals surface area contributed by atoms with Crippen molar-refractivity contribution in [3.8, 4) is 0 Å². The van der Waals surface area contributed by atoms with Crippen LogP contribution in [-0.2, 0) is 0 Å². The molecule has 0 amide bonds. The lowest BCUT2D eigenvalue weighted by molar-refractivity contribution is 1.37. The van der Waals surface area contributed by atoms with E-state index in [1.165, 1.54) is 0 Å². The molecule has 2 N–H and O–H groups in total. The average Bonchev–Trinajstić information content (AvgIpc) is 2.04. The predicted molar refractivity (Wildman–Crippen MR) is 50.6 cm³/mol. The number of anilines is 1. The Bertz CT molecular complexity index is 421. The largest absolute Gasteiger partial charge is 0.383 e. The number of hydrogen-bond acceptors (Lipinski definition) is 2. The number of rotatable bonds is 0. The highest BCUT2D eigenvalue weighted by atomic mass is 14.8. The van der Waals surface area contributed by atoms with Gasteiger partial charge in [-0.3, -0.25) is 0 Å². The minimum atomic E-state index is 0.576. The van der Waals surface area contributed by atoms with E-state index in [-0.39, 0.29) is 0 Å². The van der Waals surface area contributed by atoms with Crippen molar-refractivity contribution in [2.45, 2.75) is 0 Å². The van der Waals surface area contributed by atoms with Gasteiger partial charge in [0.25, 0.3) is 0 Å². The molecule has 2 nitrogen and oxygen atoms in total.